The number of nitrogens with zero attached hydrogens (tertiary/aromatic N) is 1. The molecular formula is C17H28N2. The Kier molecular flexibility index (Phi) is 5.12. The Bertz CT molecular complexity index is 381. The van der Waals surface area contributed by atoms with Gasteiger partial charge in [0.1, 0.15) is 0 Å². The molecule has 0 aliphatic heterocycles. The number of para-hydroxylation sites is 2. The molecule has 0 amide bonds. The summed E-state index contributed by atoms with van der Waals surface area (Å²) in [7, 11) is 0. The number of anilines is 2. The predicted octanol–water partition coefficient (Wildman–Crippen LogP) is 4.45. The summed E-state index contributed by atoms with van der Waals surface area (Å²) in [6.45, 7) is 5.70. The molecule has 106 valence electrons. The molecule has 2 rings (SSSR count). The molecule has 1 fully saturated rings. The largest absolute Gasteiger partial charge is 0.397 e. The molecule has 0 heterocycles. The zero-order chi connectivity index (χ0) is 13.7. The summed E-state index contributed by atoms with van der Waals surface area (Å²) in [5.74, 6) is 0.952. The van der Waals surface area contributed by atoms with Gasteiger partial charge in [-0.15, -0.1) is 0 Å². The molecule has 1 aliphatic rings. The lowest BCUT2D eigenvalue weighted by molar-refractivity contribution is 0.308. The van der Waals surface area contributed by atoms with Gasteiger partial charge in [-0.05, 0) is 50.2 Å². The van der Waals surface area contributed by atoms with Crippen molar-refractivity contribution in [3.05, 3.63) is 24.3 Å². The van der Waals surface area contributed by atoms with Gasteiger partial charge in [-0.25, -0.2) is 0 Å². The topological polar surface area (TPSA) is 29.3 Å². The van der Waals surface area contributed by atoms with Gasteiger partial charge in [0.2, 0.25) is 0 Å². The summed E-state index contributed by atoms with van der Waals surface area (Å²) in [6.07, 6.45) is 7.94. The maximum absolute atomic E-state index is 6.17. The lowest BCUT2D eigenvalue weighted by Gasteiger charge is -2.38. The number of nitrogens with two attached hydrogens (primary N) is 1. The summed E-state index contributed by atoms with van der Waals surface area (Å²) in [4.78, 5) is 2.56. The smallest absolute Gasteiger partial charge is 0.0602 e. The van der Waals surface area contributed by atoms with Crippen LogP contribution < -0.4 is 10.6 Å². The molecule has 2 N–H and O–H groups in total. The Balaban J connectivity index is 2.10. The summed E-state index contributed by atoms with van der Waals surface area (Å²) < 4.78 is 0. The maximum atomic E-state index is 6.17. The highest BCUT2D eigenvalue weighted by Crippen LogP contribution is 2.34. The van der Waals surface area contributed by atoms with Crippen LogP contribution in [0.1, 0.15) is 52.4 Å². The van der Waals surface area contributed by atoms with E-state index in [0.29, 0.717) is 6.04 Å². The highest BCUT2D eigenvalue weighted by molar-refractivity contribution is 5.67. The van der Waals surface area contributed by atoms with Gasteiger partial charge in [0.05, 0.1) is 11.4 Å². The molecule has 0 bridgehead atoms. The van der Waals surface area contributed by atoms with Crippen LogP contribution in [-0.2, 0) is 0 Å². The third kappa shape index (κ3) is 3.43. The third-order valence-corrected chi connectivity index (χ3v) is 4.55. The molecule has 0 radical (unpaired) electrons. The van der Waals surface area contributed by atoms with E-state index in [1.54, 1.807) is 0 Å². The van der Waals surface area contributed by atoms with E-state index in [-0.39, 0.29) is 0 Å². The van der Waals surface area contributed by atoms with Crippen molar-refractivity contribution in [3.63, 3.8) is 0 Å². The molecule has 1 saturated carbocycles. The van der Waals surface area contributed by atoms with Gasteiger partial charge in [0.25, 0.3) is 0 Å². The molecule has 2 nitrogen and oxygen atoms in total. The lowest BCUT2D eigenvalue weighted by Crippen LogP contribution is -2.39. The van der Waals surface area contributed by atoms with E-state index >= 15 is 0 Å². The van der Waals surface area contributed by atoms with Crippen molar-refractivity contribution < 1.29 is 0 Å². The molecule has 2 heteroatoms. The van der Waals surface area contributed by atoms with E-state index < -0.39 is 0 Å². The molecule has 0 saturated heterocycles. The Labute approximate surface area is 118 Å². The van der Waals surface area contributed by atoms with Crippen LogP contribution in [0.4, 0.5) is 11.4 Å². The minimum atomic E-state index is 0.687. The molecule has 19 heavy (non-hydrogen) atoms. The molecule has 0 spiro atoms. The van der Waals surface area contributed by atoms with Crippen molar-refractivity contribution in [2.24, 2.45) is 5.92 Å². The summed E-state index contributed by atoms with van der Waals surface area (Å²) in [5, 5.41) is 0. The van der Waals surface area contributed by atoms with Crippen molar-refractivity contribution in [3.8, 4) is 0 Å². The Morgan fingerprint density at radius 3 is 2.37 bits per heavy atom. The summed E-state index contributed by atoms with van der Waals surface area (Å²) in [5.41, 5.74) is 8.33. The van der Waals surface area contributed by atoms with Gasteiger partial charge < -0.3 is 10.6 Å². The zero-order valence-electron chi connectivity index (χ0n) is 12.4. The zero-order valence-corrected chi connectivity index (χ0v) is 12.4. The quantitative estimate of drug-likeness (QED) is 0.792. The Morgan fingerprint density at radius 2 is 1.79 bits per heavy atom. The van der Waals surface area contributed by atoms with Crippen LogP contribution in [0.3, 0.4) is 0 Å². The molecule has 1 aromatic rings. The van der Waals surface area contributed by atoms with E-state index in [2.05, 4.69) is 30.9 Å². The first-order valence-corrected chi connectivity index (χ1v) is 7.87. The van der Waals surface area contributed by atoms with Crippen molar-refractivity contribution in [1.82, 2.24) is 0 Å². The van der Waals surface area contributed by atoms with Crippen molar-refractivity contribution in [2.75, 3.05) is 17.2 Å². The molecule has 0 atom stereocenters. The Morgan fingerprint density at radius 1 is 1.11 bits per heavy atom. The van der Waals surface area contributed by atoms with E-state index in [1.165, 1.54) is 44.2 Å². The van der Waals surface area contributed by atoms with E-state index in [9.17, 15) is 0 Å². The van der Waals surface area contributed by atoms with Gasteiger partial charge in [0.15, 0.2) is 0 Å². The van der Waals surface area contributed by atoms with Crippen molar-refractivity contribution >= 4 is 11.4 Å². The first kappa shape index (κ1) is 14.2. The van der Waals surface area contributed by atoms with Gasteiger partial charge in [-0.2, -0.15) is 0 Å². The summed E-state index contributed by atoms with van der Waals surface area (Å²) >= 11 is 0. The van der Waals surface area contributed by atoms with E-state index in [0.717, 1.165) is 18.2 Å². The Hall–Kier alpha value is -1.18. The molecule has 0 unspecified atom stereocenters. The highest BCUT2D eigenvalue weighted by Gasteiger charge is 2.25. The normalized spacial score (nSPS) is 23.3. The lowest BCUT2D eigenvalue weighted by atomic mass is 9.83. The molecule has 1 aliphatic carbocycles. The second-order valence-electron chi connectivity index (χ2n) is 5.84. The second kappa shape index (κ2) is 6.83. The van der Waals surface area contributed by atoms with Crippen LogP contribution in [0.5, 0.6) is 0 Å². The highest BCUT2D eigenvalue weighted by atomic mass is 15.2. The van der Waals surface area contributed by atoms with Crippen LogP contribution in [0.2, 0.25) is 0 Å². The third-order valence-electron chi connectivity index (χ3n) is 4.55. The van der Waals surface area contributed by atoms with Crippen molar-refractivity contribution in [2.45, 2.75) is 58.4 Å². The van der Waals surface area contributed by atoms with Gasteiger partial charge in [-0.1, -0.05) is 32.4 Å². The summed E-state index contributed by atoms with van der Waals surface area (Å²) in [6, 6.07) is 9.02. The minimum Gasteiger partial charge on any atom is -0.397 e. The van der Waals surface area contributed by atoms with Crippen LogP contribution in [-0.4, -0.2) is 12.6 Å². The van der Waals surface area contributed by atoms with E-state index in [1.807, 2.05) is 12.1 Å². The predicted molar refractivity (Wildman–Crippen MR) is 84.5 cm³/mol. The average Bonchev–Trinajstić information content (AvgIpc) is 2.46. The number of hydrogen-bond acceptors (Lipinski definition) is 2. The standard InChI is InChI=1S/C17H28N2/c1-3-13-19(17-8-6-5-7-16(17)18)15-11-9-14(4-2)10-12-15/h5-8,14-15H,3-4,9-13,18H2,1-2H3. The molecule has 0 aromatic heterocycles. The van der Waals surface area contributed by atoms with E-state index in [4.69, 9.17) is 5.73 Å². The van der Waals surface area contributed by atoms with Gasteiger partial charge in [0, 0.05) is 12.6 Å². The average molecular weight is 260 g/mol. The minimum absolute atomic E-state index is 0.687. The first-order valence-electron chi connectivity index (χ1n) is 7.87. The monoisotopic (exact) mass is 260 g/mol. The number of rotatable bonds is 5. The number of hydrogen-bond donors (Lipinski definition) is 1. The fourth-order valence-electron chi connectivity index (χ4n) is 3.35. The van der Waals surface area contributed by atoms with Gasteiger partial charge >= 0.3 is 0 Å². The second-order valence-corrected chi connectivity index (χ2v) is 5.84. The van der Waals surface area contributed by atoms with Crippen LogP contribution >= 0.6 is 0 Å². The fraction of sp³-hybridized carbons (Fsp3) is 0.647. The van der Waals surface area contributed by atoms with Crippen molar-refractivity contribution in [1.29, 1.82) is 0 Å². The number of benzene rings is 1. The molecule has 1 aromatic carbocycles. The number of nitrogen functional groups attached to an aromatic ring is 1. The first-order chi connectivity index (χ1) is 9.26. The fourth-order valence-corrected chi connectivity index (χ4v) is 3.35. The molecular weight excluding hydrogens is 232 g/mol. The van der Waals surface area contributed by atoms with Gasteiger partial charge in [-0.3, -0.25) is 0 Å². The van der Waals surface area contributed by atoms with Crippen LogP contribution in [0, 0.1) is 5.92 Å². The maximum Gasteiger partial charge on any atom is 0.0602 e. The van der Waals surface area contributed by atoms with Crippen LogP contribution in [0.15, 0.2) is 24.3 Å². The SMILES string of the molecule is CCCN(c1ccccc1N)C1CCC(CC)CC1. The van der Waals surface area contributed by atoms with Crippen LogP contribution in [0.25, 0.3) is 0 Å².